The van der Waals surface area contributed by atoms with E-state index >= 15 is 0 Å². The van der Waals surface area contributed by atoms with E-state index in [1.165, 1.54) is 0 Å². The molecule has 0 aliphatic carbocycles. The van der Waals surface area contributed by atoms with Crippen molar-refractivity contribution in [2.75, 3.05) is 33.4 Å². The number of nitrogens with one attached hydrogen (secondary N) is 1. The van der Waals surface area contributed by atoms with Crippen LogP contribution in [0, 0.1) is 5.92 Å². The van der Waals surface area contributed by atoms with Crippen LogP contribution in [0.5, 0.6) is 0 Å². The minimum absolute atomic E-state index is 0.0103. The van der Waals surface area contributed by atoms with Gasteiger partial charge >= 0.3 is 0 Å². The maximum Gasteiger partial charge on any atom is 0.234 e. The first-order chi connectivity index (χ1) is 8.56. The lowest BCUT2D eigenvalue weighted by Gasteiger charge is -2.31. The van der Waals surface area contributed by atoms with Crippen molar-refractivity contribution in [2.45, 2.75) is 26.3 Å². The molecule has 0 aromatic rings. The molecule has 0 aromatic carbocycles. The zero-order chi connectivity index (χ0) is 13.5. The third-order valence-electron chi connectivity index (χ3n) is 3.10. The standard InChI is InChI=1S/C12H23N3O3/c1-9-6-15(5-4-11(9)14-17)7-12(16)13-10(2)8-18-3/h9-10,17H,4-8H2,1-3H3,(H,13,16). The average molecular weight is 257 g/mol. The molecule has 1 heterocycles. The third kappa shape index (κ3) is 4.62. The number of hydrogen-bond acceptors (Lipinski definition) is 5. The van der Waals surface area contributed by atoms with Gasteiger partial charge in [-0.05, 0) is 6.92 Å². The molecule has 0 radical (unpaired) electrons. The molecular weight excluding hydrogens is 234 g/mol. The molecule has 2 N–H and O–H groups in total. The van der Waals surface area contributed by atoms with E-state index in [9.17, 15) is 4.79 Å². The Kier molecular flexibility index (Phi) is 6.07. The fraction of sp³-hybridized carbons (Fsp3) is 0.833. The van der Waals surface area contributed by atoms with Gasteiger partial charge in [0.05, 0.1) is 18.9 Å². The molecule has 6 nitrogen and oxygen atoms in total. The first-order valence-corrected chi connectivity index (χ1v) is 6.28. The third-order valence-corrected chi connectivity index (χ3v) is 3.10. The molecule has 2 atom stereocenters. The summed E-state index contributed by atoms with van der Waals surface area (Å²) in [5, 5.41) is 15.0. The summed E-state index contributed by atoms with van der Waals surface area (Å²) in [6.07, 6.45) is 0.721. The van der Waals surface area contributed by atoms with E-state index < -0.39 is 0 Å². The van der Waals surface area contributed by atoms with Crippen molar-refractivity contribution < 1.29 is 14.7 Å². The van der Waals surface area contributed by atoms with E-state index in [1.54, 1.807) is 7.11 Å². The van der Waals surface area contributed by atoms with Crippen LogP contribution in [0.2, 0.25) is 0 Å². The Morgan fingerprint density at radius 2 is 2.44 bits per heavy atom. The van der Waals surface area contributed by atoms with Crippen LogP contribution in [0.15, 0.2) is 5.16 Å². The highest BCUT2D eigenvalue weighted by atomic mass is 16.5. The predicted octanol–water partition coefficient (Wildman–Crippen LogP) is 0.310. The van der Waals surface area contributed by atoms with Crippen molar-refractivity contribution >= 4 is 11.6 Å². The molecular formula is C12H23N3O3. The van der Waals surface area contributed by atoms with Crippen LogP contribution in [0.25, 0.3) is 0 Å². The van der Waals surface area contributed by atoms with Crippen LogP contribution in [0.1, 0.15) is 20.3 Å². The Bertz CT molecular complexity index is 307. The largest absolute Gasteiger partial charge is 0.411 e. The fourth-order valence-electron chi connectivity index (χ4n) is 2.21. The molecule has 1 aliphatic heterocycles. The van der Waals surface area contributed by atoms with Crippen LogP contribution in [-0.2, 0) is 9.53 Å². The molecule has 1 saturated heterocycles. The van der Waals surface area contributed by atoms with Crippen LogP contribution in [0.3, 0.4) is 0 Å². The highest BCUT2D eigenvalue weighted by Crippen LogP contribution is 2.13. The van der Waals surface area contributed by atoms with Gasteiger partial charge < -0.3 is 15.3 Å². The summed E-state index contributed by atoms with van der Waals surface area (Å²) in [7, 11) is 1.62. The summed E-state index contributed by atoms with van der Waals surface area (Å²) in [4.78, 5) is 13.8. The Hall–Kier alpha value is -1.14. The summed E-state index contributed by atoms with van der Waals surface area (Å²) in [5.41, 5.74) is 0.819. The summed E-state index contributed by atoms with van der Waals surface area (Å²) >= 11 is 0. The quantitative estimate of drug-likeness (QED) is 0.549. The van der Waals surface area contributed by atoms with Gasteiger partial charge in [-0.2, -0.15) is 0 Å². The molecule has 1 aliphatic rings. The smallest absolute Gasteiger partial charge is 0.234 e. The summed E-state index contributed by atoms with van der Waals surface area (Å²) in [6.45, 7) is 6.34. The molecule has 0 saturated carbocycles. The molecule has 1 fully saturated rings. The second-order valence-corrected chi connectivity index (χ2v) is 4.90. The molecule has 1 amide bonds. The molecule has 0 aromatic heterocycles. The summed E-state index contributed by atoms with van der Waals surface area (Å²) in [6, 6.07) is 0.0271. The highest BCUT2D eigenvalue weighted by molar-refractivity contribution is 5.87. The zero-order valence-electron chi connectivity index (χ0n) is 11.3. The van der Waals surface area contributed by atoms with Crippen molar-refractivity contribution in [3.05, 3.63) is 0 Å². The Morgan fingerprint density at radius 3 is 3.00 bits per heavy atom. The normalized spacial score (nSPS) is 25.1. The molecule has 1 rings (SSSR count). The van der Waals surface area contributed by atoms with Crippen LogP contribution < -0.4 is 5.32 Å². The Labute approximate surface area is 108 Å². The number of carbonyl (C=O) groups is 1. The molecule has 0 bridgehead atoms. The number of nitrogens with zero attached hydrogens (tertiary/aromatic N) is 2. The minimum atomic E-state index is 0.0103. The predicted molar refractivity (Wildman–Crippen MR) is 68.9 cm³/mol. The van der Waals surface area contributed by atoms with Gasteiger partial charge in [0.2, 0.25) is 5.91 Å². The lowest BCUT2D eigenvalue weighted by atomic mass is 9.98. The van der Waals surface area contributed by atoms with E-state index in [-0.39, 0.29) is 17.9 Å². The van der Waals surface area contributed by atoms with Gasteiger partial charge in [0.15, 0.2) is 0 Å². The van der Waals surface area contributed by atoms with E-state index in [1.807, 2.05) is 13.8 Å². The highest BCUT2D eigenvalue weighted by Gasteiger charge is 2.24. The lowest BCUT2D eigenvalue weighted by Crippen LogP contribution is -2.47. The van der Waals surface area contributed by atoms with Gasteiger partial charge in [-0.1, -0.05) is 12.1 Å². The monoisotopic (exact) mass is 257 g/mol. The maximum atomic E-state index is 11.8. The molecule has 104 valence electrons. The summed E-state index contributed by atoms with van der Waals surface area (Å²) in [5.74, 6) is 0.212. The van der Waals surface area contributed by atoms with Crippen molar-refractivity contribution in [3.63, 3.8) is 0 Å². The first kappa shape index (κ1) is 14.9. The van der Waals surface area contributed by atoms with Gasteiger partial charge in [0.1, 0.15) is 0 Å². The van der Waals surface area contributed by atoms with Gasteiger partial charge in [0, 0.05) is 38.6 Å². The Balaban J connectivity index is 2.33. The second kappa shape index (κ2) is 7.33. The van der Waals surface area contributed by atoms with Gasteiger partial charge in [0.25, 0.3) is 0 Å². The SMILES string of the molecule is COCC(C)NC(=O)CN1CCC(=NO)C(C)C1. The van der Waals surface area contributed by atoms with Crippen LogP contribution in [-0.4, -0.2) is 61.1 Å². The van der Waals surface area contributed by atoms with Crippen molar-refractivity contribution in [2.24, 2.45) is 11.1 Å². The van der Waals surface area contributed by atoms with Crippen molar-refractivity contribution in [3.8, 4) is 0 Å². The fourth-order valence-corrected chi connectivity index (χ4v) is 2.21. The van der Waals surface area contributed by atoms with Crippen molar-refractivity contribution in [1.82, 2.24) is 10.2 Å². The number of ether oxygens (including phenoxy) is 1. The van der Waals surface area contributed by atoms with E-state index in [0.717, 1.165) is 25.2 Å². The Morgan fingerprint density at radius 1 is 1.72 bits per heavy atom. The number of piperidine rings is 1. The molecule has 0 spiro atoms. The molecule has 18 heavy (non-hydrogen) atoms. The lowest BCUT2D eigenvalue weighted by molar-refractivity contribution is -0.123. The number of rotatable bonds is 5. The maximum absolute atomic E-state index is 11.8. The summed E-state index contributed by atoms with van der Waals surface area (Å²) < 4.78 is 4.97. The number of hydrogen-bond donors (Lipinski definition) is 2. The van der Waals surface area contributed by atoms with Gasteiger partial charge in [-0.15, -0.1) is 0 Å². The first-order valence-electron chi connectivity index (χ1n) is 6.28. The molecule has 6 heteroatoms. The zero-order valence-corrected chi connectivity index (χ0v) is 11.3. The minimum Gasteiger partial charge on any atom is -0.411 e. The number of amides is 1. The molecule has 2 unspecified atom stereocenters. The number of oxime groups is 1. The van der Waals surface area contributed by atoms with E-state index in [4.69, 9.17) is 9.94 Å². The topological polar surface area (TPSA) is 74.2 Å². The van der Waals surface area contributed by atoms with Gasteiger partial charge in [-0.25, -0.2) is 0 Å². The average Bonchev–Trinajstić information content (AvgIpc) is 2.29. The van der Waals surface area contributed by atoms with Crippen LogP contribution in [0.4, 0.5) is 0 Å². The number of carbonyl (C=O) groups excluding carboxylic acids is 1. The van der Waals surface area contributed by atoms with Crippen LogP contribution >= 0.6 is 0 Å². The number of likely N-dealkylation sites (tertiary alicyclic amines) is 1. The number of methoxy groups -OCH3 is 1. The van der Waals surface area contributed by atoms with E-state index in [0.29, 0.717) is 13.2 Å². The van der Waals surface area contributed by atoms with Crippen molar-refractivity contribution in [1.29, 1.82) is 0 Å². The second-order valence-electron chi connectivity index (χ2n) is 4.90. The van der Waals surface area contributed by atoms with Gasteiger partial charge in [-0.3, -0.25) is 9.69 Å². The van der Waals surface area contributed by atoms with E-state index in [2.05, 4.69) is 15.4 Å².